The second kappa shape index (κ2) is 2.48. The highest BCUT2D eigenvalue weighted by Crippen LogP contribution is 2.62. The zero-order valence-electron chi connectivity index (χ0n) is 8.49. The molecule has 0 aromatic heterocycles. The predicted octanol–water partition coefficient (Wildman–Crippen LogP) is 2.42. The normalized spacial score (nSPS) is 27.0. The van der Waals surface area contributed by atoms with Gasteiger partial charge in [0.05, 0.1) is 0 Å². The van der Waals surface area contributed by atoms with Gasteiger partial charge in [-0.15, -0.1) is 0 Å². The molecule has 1 N–H and O–H groups in total. The summed E-state index contributed by atoms with van der Waals surface area (Å²) in [5.74, 6) is 0. The lowest BCUT2D eigenvalue weighted by Crippen LogP contribution is -2.22. The Hall–Kier alpha value is -0.0400. The lowest BCUT2D eigenvalue weighted by Gasteiger charge is -2.03. The van der Waals surface area contributed by atoms with Crippen molar-refractivity contribution in [1.82, 2.24) is 5.32 Å². The van der Waals surface area contributed by atoms with Crippen LogP contribution >= 0.6 is 0 Å². The van der Waals surface area contributed by atoms with E-state index in [0.29, 0.717) is 10.8 Å². The number of rotatable bonds is 3. The van der Waals surface area contributed by atoms with Crippen molar-refractivity contribution in [2.75, 3.05) is 6.54 Å². The number of nitrogens with one attached hydrogen (secondary N) is 1. The van der Waals surface area contributed by atoms with Crippen molar-refractivity contribution in [2.45, 2.75) is 47.1 Å². The van der Waals surface area contributed by atoms with E-state index in [9.17, 15) is 0 Å². The Kier molecular flexibility index (Phi) is 2.04. The Morgan fingerprint density at radius 2 is 1.55 bits per heavy atom. The molecule has 0 heterocycles. The lowest BCUT2D eigenvalue weighted by atomic mass is 10.0. The quantitative estimate of drug-likeness (QED) is 0.660. The first-order chi connectivity index (χ1) is 4.94. The van der Waals surface area contributed by atoms with E-state index < -0.39 is 0 Å². The van der Waals surface area contributed by atoms with E-state index in [-0.39, 0.29) is 0 Å². The van der Waals surface area contributed by atoms with E-state index in [1.807, 2.05) is 0 Å². The van der Waals surface area contributed by atoms with Crippen molar-refractivity contribution in [2.24, 2.45) is 10.8 Å². The van der Waals surface area contributed by atoms with Crippen LogP contribution in [0.4, 0.5) is 0 Å². The van der Waals surface area contributed by atoms with Crippen molar-refractivity contribution in [3.8, 4) is 0 Å². The third-order valence-electron chi connectivity index (χ3n) is 3.62. The van der Waals surface area contributed by atoms with Gasteiger partial charge in [-0.3, -0.25) is 0 Å². The fourth-order valence-electron chi connectivity index (χ4n) is 2.00. The molecule has 1 aliphatic rings. The first-order valence-electron chi connectivity index (χ1n) is 4.68. The third kappa shape index (κ3) is 1.20. The van der Waals surface area contributed by atoms with Gasteiger partial charge < -0.3 is 5.32 Å². The van der Waals surface area contributed by atoms with Gasteiger partial charge in [-0.05, 0) is 23.8 Å². The molecular weight excluding hydrogens is 134 g/mol. The summed E-state index contributed by atoms with van der Waals surface area (Å²) in [4.78, 5) is 0. The topological polar surface area (TPSA) is 12.0 Å². The molecule has 1 heteroatoms. The molecule has 11 heavy (non-hydrogen) atoms. The molecule has 66 valence electrons. The minimum Gasteiger partial charge on any atom is -0.313 e. The molecule has 0 saturated heterocycles. The van der Waals surface area contributed by atoms with Crippen molar-refractivity contribution < 1.29 is 0 Å². The molecule has 1 aliphatic carbocycles. The maximum Gasteiger partial charge on any atom is 0.0181 e. The van der Waals surface area contributed by atoms with Crippen LogP contribution in [0.1, 0.15) is 41.0 Å². The molecule has 1 rings (SSSR count). The zero-order valence-corrected chi connectivity index (χ0v) is 8.49. The fraction of sp³-hybridized carbons (Fsp3) is 1.00. The van der Waals surface area contributed by atoms with E-state index in [4.69, 9.17) is 0 Å². The van der Waals surface area contributed by atoms with Crippen LogP contribution in [0.15, 0.2) is 0 Å². The summed E-state index contributed by atoms with van der Waals surface area (Å²) in [6.45, 7) is 12.8. The van der Waals surface area contributed by atoms with Gasteiger partial charge >= 0.3 is 0 Å². The molecular formula is C10H21N. The summed E-state index contributed by atoms with van der Waals surface area (Å²) < 4.78 is 0. The fourth-order valence-corrected chi connectivity index (χ4v) is 2.00. The first-order valence-corrected chi connectivity index (χ1v) is 4.68. The van der Waals surface area contributed by atoms with Crippen molar-refractivity contribution in [3.63, 3.8) is 0 Å². The molecule has 1 saturated carbocycles. The van der Waals surface area contributed by atoms with Crippen LogP contribution in [0.2, 0.25) is 0 Å². The van der Waals surface area contributed by atoms with Gasteiger partial charge in [-0.25, -0.2) is 0 Å². The minimum atomic E-state index is 0.502. The molecule has 0 aliphatic heterocycles. The molecule has 1 fully saturated rings. The highest BCUT2D eigenvalue weighted by molar-refractivity contribution is 5.17. The highest BCUT2D eigenvalue weighted by atomic mass is 15.0. The first kappa shape index (κ1) is 9.05. The van der Waals surface area contributed by atoms with E-state index in [2.05, 4.69) is 39.9 Å². The van der Waals surface area contributed by atoms with E-state index >= 15 is 0 Å². The van der Waals surface area contributed by atoms with Crippen LogP contribution in [0, 0.1) is 10.8 Å². The molecule has 0 spiro atoms. The Bertz CT molecular complexity index is 133. The van der Waals surface area contributed by atoms with Gasteiger partial charge in [0.1, 0.15) is 0 Å². The van der Waals surface area contributed by atoms with E-state index in [1.165, 1.54) is 6.42 Å². The Morgan fingerprint density at radius 3 is 1.82 bits per heavy atom. The predicted molar refractivity (Wildman–Crippen MR) is 49.6 cm³/mol. The minimum absolute atomic E-state index is 0.502. The maximum absolute atomic E-state index is 3.59. The van der Waals surface area contributed by atoms with Crippen LogP contribution in [-0.2, 0) is 0 Å². The third-order valence-corrected chi connectivity index (χ3v) is 3.62. The van der Waals surface area contributed by atoms with Crippen LogP contribution in [-0.4, -0.2) is 12.6 Å². The largest absolute Gasteiger partial charge is 0.313 e. The van der Waals surface area contributed by atoms with Gasteiger partial charge in [0.15, 0.2) is 0 Å². The smallest absolute Gasteiger partial charge is 0.0181 e. The Morgan fingerprint density at radius 1 is 1.09 bits per heavy atom. The summed E-state index contributed by atoms with van der Waals surface area (Å²) >= 11 is 0. The Labute approximate surface area is 70.6 Å². The molecule has 0 bridgehead atoms. The SMILES string of the molecule is CCCNC1C(C)(C)C1(C)C. The highest BCUT2D eigenvalue weighted by Gasteiger charge is 2.64. The van der Waals surface area contributed by atoms with Gasteiger partial charge in [-0.2, -0.15) is 0 Å². The molecule has 0 radical (unpaired) electrons. The lowest BCUT2D eigenvalue weighted by molar-refractivity contribution is 0.457. The van der Waals surface area contributed by atoms with Crippen LogP contribution in [0.3, 0.4) is 0 Å². The summed E-state index contributed by atoms with van der Waals surface area (Å²) in [5, 5.41) is 3.59. The van der Waals surface area contributed by atoms with Crippen LogP contribution < -0.4 is 5.32 Å². The number of hydrogen-bond donors (Lipinski definition) is 1. The maximum atomic E-state index is 3.59. The van der Waals surface area contributed by atoms with E-state index in [1.54, 1.807) is 0 Å². The zero-order chi connectivity index (χ0) is 8.70. The van der Waals surface area contributed by atoms with Gasteiger partial charge in [-0.1, -0.05) is 34.6 Å². The summed E-state index contributed by atoms with van der Waals surface area (Å²) in [7, 11) is 0. The standard InChI is InChI=1S/C10H21N/c1-6-7-11-8-9(2,3)10(8,4)5/h8,11H,6-7H2,1-5H3. The van der Waals surface area contributed by atoms with E-state index in [0.717, 1.165) is 12.6 Å². The van der Waals surface area contributed by atoms with Crippen LogP contribution in [0.5, 0.6) is 0 Å². The Balaban J connectivity index is 2.41. The van der Waals surface area contributed by atoms with Crippen molar-refractivity contribution in [3.05, 3.63) is 0 Å². The van der Waals surface area contributed by atoms with Crippen LogP contribution in [0.25, 0.3) is 0 Å². The molecule has 0 aromatic carbocycles. The monoisotopic (exact) mass is 155 g/mol. The molecule has 0 atom stereocenters. The van der Waals surface area contributed by atoms with Crippen molar-refractivity contribution >= 4 is 0 Å². The van der Waals surface area contributed by atoms with Crippen molar-refractivity contribution in [1.29, 1.82) is 0 Å². The summed E-state index contributed by atoms with van der Waals surface area (Å²) in [6.07, 6.45) is 1.24. The molecule has 1 nitrogen and oxygen atoms in total. The van der Waals surface area contributed by atoms with Gasteiger partial charge in [0.2, 0.25) is 0 Å². The second-order valence-electron chi connectivity index (χ2n) is 4.83. The number of hydrogen-bond acceptors (Lipinski definition) is 1. The second-order valence-corrected chi connectivity index (χ2v) is 4.83. The summed E-state index contributed by atoms with van der Waals surface area (Å²) in [6, 6.07) is 0.731. The molecule has 0 aromatic rings. The summed E-state index contributed by atoms with van der Waals surface area (Å²) in [5.41, 5.74) is 1.00. The molecule has 0 unspecified atom stereocenters. The molecule has 0 amide bonds. The average Bonchev–Trinajstić information content (AvgIpc) is 2.23. The van der Waals surface area contributed by atoms with Gasteiger partial charge in [0.25, 0.3) is 0 Å². The average molecular weight is 155 g/mol. The van der Waals surface area contributed by atoms with Gasteiger partial charge in [0, 0.05) is 6.04 Å².